The largest absolute Gasteiger partial charge is 0.510 e. The molecular weight excluding hydrogens is 1170 g/mol. The molecule has 0 N–H and O–H groups in total. The number of hydrogen-bond acceptors (Lipinski definition) is 11. The maximum absolute atomic E-state index is 6.01. The number of hydrogen-bond donors (Lipinski definition) is 0. The van der Waals surface area contributed by atoms with Crippen molar-refractivity contribution in [2.45, 2.75) is 12.8 Å². The zero-order valence-corrected chi connectivity index (χ0v) is 39.8. The molecule has 8 aromatic rings. The van der Waals surface area contributed by atoms with Crippen molar-refractivity contribution in [3.63, 3.8) is 0 Å². The van der Waals surface area contributed by atoms with Gasteiger partial charge in [0.25, 0.3) is 0 Å². The fraction of sp³-hybridized carbons (Fsp3) is 0.0962. The second kappa shape index (κ2) is 20.9. The van der Waals surface area contributed by atoms with Crippen LogP contribution in [0.25, 0.3) is 11.4 Å². The molecule has 331 valence electrons. The molecule has 0 saturated heterocycles. The summed E-state index contributed by atoms with van der Waals surface area (Å²) in [4.78, 5) is 30.8. The van der Waals surface area contributed by atoms with Crippen LogP contribution in [-0.2, 0) is 41.2 Å². The Hall–Kier alpha value is -6.58. The second-order valence-electron chi connectivity index (χ2n) is 14.8. The van der Waals surface area contributed by atoms with Gasteiger partial charge in [-0.25, -0.2) is 16.0 Å². The monoisotopic (exact) mass is 1210 g/mol. The fourth-order valence-electron chi connectivity index (χ4n) is 7.67. The number of benzene rings is 4. The van der Waals surface area contributed by atoms with Gasteiger partial charge in [0.1, 0.15) is 11.6 Å². The van der Waals surface area contributed by atoms with Gasteiger partial charge in [0, 0.05) is 76.4 Å². The van der Waals surface area contributed by atoms with Crippen LogP contribution in [0, 0.1) is 50.3 Å². The molecular formula is C52H40IrN10OPt-8. The Morgan fingerprint density at radius 2 is 1.02 bits per heavy atom. The van der Waals surface area contributed by atoms with Gasteiger partial charge in [0.2, 0.25) is 0 Å². The summed E-state index contributed by atoms with van der Waals surface area (Å²) in [5.74, 6) is 3.13. The third-order valence-corrected chi connectivity index (χ3v) is 10.6. The Balaban J connectivity index is 0.000000174. The number of para-hydroxylation sites is 4. The molecule has 3 aliphatic heterocycles. The molecule has 3 aliphatic rings. The summed E-state index contributed by atoms with van der Waals surface area (Å²) in [7, 11) is 2.03. The van der Waals surface area contributed by atoms with Crippen LogP contribution in [0.15, 0.2) is 158 Å². The summed E-state index contributed by atoms with van der Waals surface area (Å²) in [6.07, 6.45) is 9.15. The molecule has 65 heavy (non-hydrogen) atoms. The predicted molar refractivity (Wildman–Crippen MR) is 248 cm³/mol. The van der Waals surface area contributed by atoms with Crippen molar-refractivity contribution in [3.05, 3.63) is 209 Å². The van der Waals surface area contributed by atoms with Gasteiger partial charge in [-0.15, -0.1) is 58.8 Å². The molecule has 0 aliphatic carbocycles. The smallest absolute Gasteiger partial charge is 0.122 e. The summed E-state index contributed by atoms with van der Waals surface area (Å²) in [6.45, 7) is 8.09. The van der Waals surface area contributed by atoms with Gasteiger partial charge >= 0.3 is 0 Å². The minimum atomic E-state index is 0. The molecule has 0 spiro atoms. The van der Waals surface area contributed by atoms with Crippen LogP contribution in [0.2, 0.25) is 0 Å². The molecule has 13 heteroatoms. The van der Waals surface area contributed by atoms with Crippen LogP contribution in [0.3, 0.4) is 0 Å². The van der Waals surface area contributed by atoms with Crippen molar-refractivity contribution in [3.8, 4) is 22.9 Å². The van der Waals surface area contributed by atoms with Gasteiger partial charge in [-0.05, 0) is 81.8 Å². The van der Waals surface area contributed by atoms with E-state index in [1.807, 2.05) is 111 Å². The Morgan fingerprint density at radius 1 is 0.477 bits per heavy atom. The van der Waals surface area contributed by atoms with Gasteiger partial charge in [-0.3, -0.25) is 0 Å². The molecule has 0 saturated carbocycles. The number of ether oxygens (including phenoxy) is 1. The van der Waals surface area contributed by atoms with E-state index in [0.29, 0.717) is 22.9 Å². The standard InChI is InChI=1S/C28H24N6.C24H16N4O.Ir.Pt/c1-3-11-23(12-4-1)33-21-31(27-25(33)15-9-17-29-27)19-7-8-20-32-22-34(24-13-5-2-6-14-24)26-16-10-18-30-28(26)32;1-27-17-28(24-11-3-2-10-23(24)27)18-7-6-8-19(15-18)29-20-12-14-26-22(16-20)21-9-4-5-13-25-21;;/h1-6,9-11,13,15-18,21-22H,7-8,19-20H2;2-8,10-14,17H,1H3;;/q2*-4;;. The zero-order valence-electron chi connectivity index (χ0n) is 35.1. The average molecular weight is 1210 g/mol. The van der Waals surface area contributed by atoms with Crippen LogP contribution in [0.5, 0.6) is 11.5 Å². The quantitative estimate of drug-likeness (QED) is 0.0918. The van der Waals surface area contributed by atoms with E-state index < -0.39 is 0 Å². The third-order valence-electron chi connectivity index (χ3n) is 10.6. The summed E-state index contributed by atoms with van der Waals surface area (Å²) in [5, 5.41) is 0. The first-order valence-electron chi connectivity index (χ1n) is 20.7. The molecule has 4 aromatic heterocycles. The van der Waals surface area contributed by atoms with Crippen molar-refractivity contribution in [1.29, 1.82) is 0 Å². The Kier molecular flexibility index (Phi) is 14.5. The van der Waals surface area contributed by atoms with Crippen LogP contribution in [-0.4, -0.2) is 40.1 Å². The number of unbranched alkanes of at least 4 members (excludes halogenated alkanes) is 1. The molecule has 0 bridgehead atoms. The molecule has 0 amide bonds. The Labute approximate surface area is 408 Å². The number of nitrogens with zero attached hydrogens (tertiary/aromatic N) is 10. The molecule has 11 nitrogen and oxygen atoms in total. The van der Waals surface area contributed by atoms with Crippen molar-refractivity contribution in [2.75, 3.05) is 49.5 Å². The summed E-state index contributed by atoms with van der Waals surface area (Å²) >= 11 is 0. The van der Waals surface area contributed by atoms with E-state index >= 15 is 0 Å². The van der Waals surface area contributed by atoms with E-state index in [1.54, 1.807) is 24.5 Å². The molecule has 7 heterocycles. The fourth-order valence-corrected chi connectivity index (χ4v) is 7.67. The first kappa shape index (κ1) is 45.0. The van der Waals surface area contributed by atoms with Crippen molar-refractivity contribution >= 4 is 51.4 Å². The van der Waals surface area contributed by atoms with E-state index in [9.17, 15) is 0 Å². The normalized spacial score (nSPS) is 13.2. The number of aromatic nitrogens is 4. The maximum Gasteiger partial charge on any atom is 0.122 e. The Morgan fingerprint density at radius 3 is 1.63 bits per heavy atom. The van der Waals surface area contributed by atoms with Crippen LogP contribution in [0.1, 0.15) is 12.8 Å². The Bertz CT molecular complexity index is 2690. The molecule has 0 atom stereocenters. The summed E-state index contributed by atoms with van der Waals surface area (Å²) < 4.78 is 6.01. The second-order valence-corrected chi connectivity index (χ2v) is 14.8. The minimum Gasteiger partial charge on any atom is -0.510 e. The van der Waals surface area contributed by atoms with Gasteiger partial charge < -0.3 is 44.1 Å². The SMILES string of the molecule is CN1[CH-]N(c2[c-]c(Oc3[c-]c(-c4[c-]cccn4)ncc3)ccc2)c2ccccc21.[Ir].[Pt].[c-]1ccccc1N1[CH-]N(CCCCN2[CH-]N(c3[c-]cccc3)c3cccnc32)c2ncccc21. The summed E-state index contributed by atoms with van der Waals surface area (Å²) in [5.41, 5.74) is 8.57. The minimum absolute atomic E-state index is 0. The molecule has 0 fully saturated rings. The number of anilines is 9. The zero-order chi connectivity index (χ0) is 42.4. The first-order valence-corrected chi connectivity index (χ1v) is 20.7. The average Bonchev–Trinajstić information content (AvgIpc) is 4.03. The first-order chi connectivity index (χ1) is 31.2. The summed E-state index contributed by atoms with van der Waals surface area (Å²) in [6, 6.07) is 59.9. The van der Waals surface area contributed by atoms with E-state index in [0.717, 1.165) is 77.4 Å². The van der Waals surface area contributed by atoms with Gasteiger partial charge in [-0.1, -0.05) is 12.1 Å². The van der Waals surface area contributed by atoms with E-state index in [2.05, 4.69) is 129 Å². The predicted octanol–water partition coefficient (Wildman–Crippen LogP) is 10.8. The van der Waals surface area contributed by atoms with Crippen LogP contribution >= 0.6 is 0 Å². The third kappa shape index (κ3) is 9.91. The van der Waals surface area contributed by atoms with Crippen LogP contribution < -0.4 is 34.1 Å². The van der Waals surface area contributed by atoms with Crippen LogP contribution in [0.4, 0.5) is 51.4 Å². The maximum atomic E-state index is 6.01. The van der Waals surface area contributed by atoms with E-state index in [-0.39, 0.29) is 41.2 Å². The van der Waals surface area contributed by atoms with Gasteiger partial charge in [0.15, 0.2) is 0 Å². The molecule has 1 radical (unpaired) electrons. The van der Waals surface area contributed by atoms with E-state index in [1.165, 1.54) is 0 Å². The van der Waals surface area contributed by atoms with Crippen molar-refractivity contribution in [1.82, 2.24) is 19.9 Å². The molecule has 11 rings (SSSR count). The number of pyridine rings is 4. The molecule has 0 unspecified atom stereocenters. The van der Waals surface area contributed by atoms with Crippen molar-refractivity contribution < 1.29 is 45.9 Å². The van der Waals surface area contributed by atoms with E-state index in [4.69, 9.17) is 4.74 Å². The molecule has 4 aromatic carbocycles. The number of rotatable bonds is 11. The topological polar surface area (TPSA) is 80.2 Å². The van der Waals surface area contributed by atoms with Gasteiger partial charge in [0.05, 0.1) is 11.4 Å². The van der Waals surface area contributed by atoms with Crippen molar-refractivity contribution in [2.24, 2.45) is 0 Å². The van der Waals surface area contributed by atoms with Gasteiger partial charge in [-0.2, -0.15) is 98.9 Å². The number of fused-ring (bicyclic) bond motifs is 3.